The summed E-state index contributed by atoms with van der Waals surface area (Å²) < 4.78 is 61.2. The van der Waals surface area contributed by atoms with Crippen LogP contribution in [0.2, 0.25) is 75.8 Å². The molecule has 1 unspecified atom stereocenters. The maximum absolute atomic E-state index is 14.2. The third kappa shape index (κ3) is 13.5. The van der Waals surface area contributed by atoms with Gasteiger partial charge in [-0.25, -0.2) is 0 Å². The number of halogens is 1. The Morgan fingerprint density at radius 3 is 1.26 bits per heavy atom. The molecule has 0 rings (SSSR count). The largest absolute Gasteiger partial charge is 0.499 e. The summed E-state index contributed by atoms with van der Waals surface area (Å²) in [5, 5.41) is 0. The third-order valence-electron chi connectivity index (χ3n) is 6.65. The zero-order valence-electron chi connectivity index (χ0n) is 26.4. The van der Waals surface area contributed by atoms with Crippen LogP contribution in [-0.4, -0.2) is 99.6 Å². The molecule has 0 aromatic carbocycles. The van der Waals surface area contributed by atoms with Crippen LogP contribution < -0.4 is 0 Å². The lowest BCUT2D eigenvalue weighted by Gasteiger charge is -2.38. The monoisotopic (exact) mass is 650 g/mol. The highest BCUT2D eigenvalue weighted by molar-refractivity contribution is 6.92. The number of carbonyl (C=O) groups excluding carboxylic acids is 1. The molecule has 228 valence electrons. The van der Waals surface area contributed by atoms with Crippen LogP contribution >= 0.6 is 0 Å². The van der Waals surface area contributed by atoms with Crippen molar-refractivity contribution in [2.45, 2.75) is 88.6 Å². The number of hydrogen-bond donors (Lipinski definition) is 0. The standard InChI is InChI=1S/C22H55FO9Si6/c1-25-37(26-2,27-3)19-35(11,12)31-33(7,8)17-15-16-21(22(23)24)18-34(9,10)32-36(13,14)20-38(28-4,29-5)30-6/h21H,15-20H2,1-14H3. The van der Waals surface area contributed by atoms with Gasteiger partial charge in [-0.3, -0.25) is 4.79 Å². The molecule has 0 fully saturated rings. The summed E-state index contributed by atoms with van der Waals surface area (Å²) in [5.41, 5.74) is 1.24. The van der Waals surface area contributed by atoms with Crippen molar-refractivity contribution in [2.75, 3.05) is 42.7 Å². The molecule has 0 aliphatic carbocycles. The van der Waals surface area contributed by atoms with E-state index in [9.17, 15) is 9.18 Å². The van der Waals surface area contributed by atoms with Gasteiger partial charge < -0.3 is 34.8 Å². The summed E-state index contributed by atoms with van der Waals surface area (Å²) in [6.45, 7) is 17.0. The fraction of sp³-hybridized carbons (Fsp3) is 0.955. The second-order valence-electron chi connectivity index (χ2n) is 12.3. The first kappa shape index (κ1) is 38.6. The first-order valence-corrected chi connectivity index (χ1v) is 29.4. The number of carbonyl (C=O) groups is 1. The van der Waals surface area contributed by atoms with Crippen molar-refractivity contribution in [2.24, 2.45) is 5.92 Å². The third-order valence-corrected chi connectivity index (χ3v) is 32.5. The molecule has 0 aliphatic heterocycles. The van der Waals surface area contributed by atoms with Crippen LogP contribution in [0.1, 0.15) is 12.8 Å². The summed E-state index contributed by atoms with van der Waals surface area (Å²) >= 11 is 0. The molecule has 1 atom stereocenters. The van der Waals surface area contributed by atoms with Crippen LogP contribution in [0, 0.1) is 5.92 Å². The molecule has 0 heterocycles. The van der Waals surface area contributed by atoms with Crippen molar-refractivity contribution in [3.05, 3.63) is 0 Å². The predicted molar refractivity (Wildman–Crippen MR) is 164 cm³/mol. The quantitative estimate of drug-likeness (QED) is 0.117. The second-order valence-corrected chi connectivity index (χ2v) is 36.9. The Labute approximate surface area is 237 Å². The number of rotatable bonds is 21. The summed E-state index contributed by atoms with van der Waals surface area (Å²) in [5.74, 6) is -0.665. The molecule has 9 nitrogen and oxygen atoms in total. The van der Waals surface area contributed by atoms with Crippen LogP contribution in [0.15, 0.2) is 0 Å². The van der Waals surface area contributed by atoms with Gasteiger partial charge >= 0.3 is 23.6 Å². The van der Waals surface area contributed by atoms with Gasteiger partial charge in [-0.15, -0.1) is 0 Å². The Balaban J connectivity index is 5.22. The lowest BCUT2D eigenvalue weighted by Crippen LogP contribution is -2.55. The summed E-state index contributed by atoms with van der Waals surface area (Å²) in [7, 11) is -4.83. The van der Waals surface area contributed by atoms with Gasteiger partial charge in [0.15, 0.2) is 33.3 Å². The minimum absolute atomic E-state index is 0.437. The molecule has 0 saturated heterocycles. The topological polar surface area (TPSA) is 90.9 Å². The normalized spacial score (nSPS) is 15.1. The summed E-state index contributed by atoms with van der Waals surface area (Å²) in [4.78, 5) is 12.0. The van der Waals surface area contributed by atoms with Gasteiger partial charge in [-0.2, -0.15) is 4.39 Å². The van der Waals surface area contributed by atoms with Crippen molar-refractivity contribution in [3.63, 3.8) is 0 Å². The molecule has 16 heteroatoms. The van der Waals surface area contributed by atoms with E-state index in [1.54, 1.807) is 42.7 Å². The van der Waals surface area contributed by atoms with Gasteiger partial charge in [0.2, 0.25) is 0 Å². The molecule has 0 spiro atoms. The van der Waals surface area contributed by atoms with Crippen LogP contribution in [-0.2, 0) is 39.6 Å². The maximum atomic E-state index is 14.2. The van der Waals surface area contributed by atoms with E-state index in [0.717, 1.165) is 12.5 Å². The van der Waals surface area contributed by atoms with Crippen molar-refractivity contribution in [1.82, 2.24) is 0 Å². The van der Waals surface area contributed by atoms with Crippen molar-refractivity contribution in [3.8, 4) is 0 Å². The lowest BCUT2D eigenvalue weighted by molar-refractivity contribution is -0.133. The van der Waals surface area contributed by atoms with Gasteiger partial charge in [0.05, 0.1) is 0 Å². The van der Waals surface area contributed by atoms with Gasteiger partial charge in [0, 0.05) is 59.9 Å². The first-order valence-electron chi connectivity index (χ1n) is 13.1. The van der Waals surface area contributed by atoms with Crippen LogP contribution in [0.5, 0.6) is 0 Å². The van der Waals surface area contributed by atoms with Gasteiger partial charge in [-0.05, 0) is 70.9 Å². The van der Waals surface area contributed by atoms with Crippen LogP contribution in [0.4, 0.5) is 4.39 Å². The Bertz CT molecular complexity index is 703. The van der Waals surface area contributed by atoms with Crippen LogP contribution in [0.25, 0.3) is 0 Å². The maximum Gasteiger partial charge on any atom is 0.499 e. The van der Waals surface area contributed by atoms with Gasteiger partial charge in [0.1, 0.15) is 0 Å². The van der Waals surface area contributed by atoms with E-state index in [1.807, 2.05) is 0 Å². The molecule has 38 heavy (non-hydrogen) atoms. The molecule has 0 saturated carbocycles. The Morgan fingerprint density at radius 1 is 0.605 bits per heavy atom. The molecule has 0 amide bonds. The molecule has 0 radical (unpaired) electrons. The average molecular weight is 651 g/mol. The van der Waals surface area contributed by atoms with Gasteiger partial charge in [0.25, 0.3) is 0 Å². The fourth-order valence-corrected chi connectivity index (χ4v) is 35.3. The van der Waals surface area contributed by atoms with Crippen molar-refractivity contribution in [1.29, 1.82) is 0 Å². The molecular formula is C22H55FO9Si6. The minimum Gasteiger partial charge on any atom is -0.455 e. The molecule has 0 aliphatic rings. The van der Waals surface area contributed by atoms with E-state index in [-0.39, 0.29) is 0 Å². The zero-order chi connectivity index (χ0) is 30.1. The minimum atomic E-state index is -2.81. The highest BCUT2D eigenvalue weighted by atomic mass is 28.5. The first-order chi connectivity index (χ1) is 17.2. The highest BCUT2D eigenvalue weighted by Gasteiger charge is 2.49. The average Bonchev–Trinajstić information content (AvgIpc) is 2.78. The van der Waals surface area contributed by atoms with Gasteiger partial charge in [-0.1, -0.05) is 6.42 Å². The molecule has 0 N–H and O–H groups in total. The number of hydrogen-bond acceptors (Lipinski definition) is 9. The Morgan fingerprint density at radius 2 is 0.947 bits per heavy atom. The summed E-state index contributed by atoms with van der Waals surface area (Å²) in [6, 6.07) is 0.0169. The van der Waals surface area contributed by atoms with Crippen molar-refractivity contribution >= 4 is 56.9 Å². The zero-order valence-corrected chi connectivity index (χ0v) is 32.4. The van der Waals surface area contributed by atoms with E-state index in [2.05, 4.69) is 52.4 Å². The second kappa shape index (κ2) is 15.7. The SMILES string of the molecule is CO[Si](C[Si](C)(C)O[Si](C)(C)CCCC(C[Si](C)(C)O[Si](C)(C)C[Si](OC)(OC)OC)C(=O)F)(OC)OC. The van der Waals surface area contributed by atoms with Crippen molar-refractivity contribution < 1.29 is 44.0 Å². The van der Waals surface area contributed by atoms with E-state index < -0.39 is 62.8 Å². The molecule has 0 aromatic rings. The predicted octanol–water partition coefficient (Wildman–Crippen LogP) is 5.57. The molecule has 0 aromatic heterocycles. The Kier molecular flexibility index (Phi) is 15.9. The van der Waals surface area contributed by atoms with Crippen LogP contribution in [0.3, 0.4) is 0 Å². The van der Waals surface area contributed by atoms with E-state index in [1.165, 1.54) is 0 Å². The fourth-order valence-electron chi connectivity index (χ4n) is 5.30. The lowest BCUT2D eigenvalue weighted by atomic mass is 10.1. The van der Waals surface area contributed by atoms with E-state index >= 15 is 0 Å². The smallest absolute Gasteiger partial charge is 0.455 e. The Hall–Kier alpha value is 0.581. The van der Waals surface area contributed by atoms with E-state index in [4.69, 9.17) is 34.8 Å². The van der Waals surface area contributed by atoms with E-state index in [0.29, 0.717) is 23.8 Å². The molecular weight excluding hydrogens is 596 g/mol. The summed E-state index contributed by atoms with van der Waals surface area (Å²) in [6.07, 6.45) is 1.21. The highest BCUT2D eigenvalue weighted by Crippen LogP contribution is 2.33. The molecule has 0 bridgehead atoms.